The molecular formula is C20H19ClN4O3. The van der Waals surface area contributed by atoms with Crippen LogP contribution in [0.4, 0.5) is 5.82 Å². The van der Waals surface area contributed by atoms with Crippen molar-refractivity contribution in [3.63, 3.8) is 0 Å². The largest absolute Gasteiger partial charge is 0.484 e. The van der Waals surface area contributed by atoms with E-state index in [1.807, 2.05) is 24.3 Å². The molecule has 0 spiro atoms. The maximum Gasteiger partial charge on any atom is 0.260 e. The Morgan fingerprint density at radius 3 is 2.46 bits per heavy atom. The Hall–Kier alpha value is -3.06. The summed E-state index contributed by atoms with van der Waals surface area (Å²) in [5.74, 6) is 2.08. The van der Waals surface area contributed by atoms with Crippen LogP contribution in [0.15, 0.2) is 59.2 Å². The summed E-state index contributed by atoms with van der Waals surface area (Å²) in [6, 6.07) is 14.4. The number of carbonyl (C=O) groups excluding carboxylic acids is 1. The number of carbonyl (C=O) groups is 1. The summed E-state index contributed by atoms with van der Waals surface area (Å²) < 4.78 is 10.9. The molecule has 3 aromatic rings. The molecule has 0 atom stereocenters. The average molecular weight is 399 g/mol. The normalized spacial score (nSPS) is 14.2. The lowest BCUT2D eigenvalue weighted by atomic mass is 10.2. The first-order chi connectivity index (χ1) is 13.7. The molecule has 3 heterocycles. The second-order valence-electron chi connectivity index (χ2n) is 6.36. The number of nitrogens with zero attached hydrogens (tertiary/aromatic N) is 4. The van der Waals surface area contributed by atoms with E-state index in [0.717, 1.165) is 5.82 Å². The van der Waals surface area contributed by atoms with Gasteiger partial charge in [-0.3, -0.25) is 4.79 Å². The molecule has 1 saturated heterocycles. The summed E-state index contributed by atoms with van der Waals surface area (Å²) in [5, 5.41) is 9.15. The van der Waals surface area contributed by atoms with Crippen molar-refractivity contribution in [1.29, 1.82) is 0 Å². The summed E-state index contributed by atoms with van der Waals surface area (Å²) in [7, 11) is 0. The number of benzene rings is 1. The Kier molecular flexibility index (Phi) is 5.43. The van der Waals surface area contributed by atoms with Gasteiger partial charge in [0.15, 0.2) is 18.2 Å². The first-order valence-corrected chi connectivity index (χ1v) is 9.35. The Labute approximate surface area is 167 Å². The molecule has 0 unspecified atom stereocenters. The van der Waals surface area contributed by atoms with Gasteiger partial charge in [0.25, 0.3) is 5.91 Å². The molecule has 0 saturated carbocycles. The monoisotopic (exact) mass is 398 g/mol. The van der Waals surface area contributed by atoms with Crippen molar-refractivity contribution in [2.75, 3.05) is 37.7 Å². The van der Waals surface area contributed by atoms with Crippen LogP contribution in [0.3, 0.4) is 0 Å². The maximum absolute atomic E-state index is 12.4. The van der Waals surface area contributed by atoms with E-state index in [9.17, 15) is 4.79 Å². The van der Waals surface area contributed by atoms with E-state index in [1.165, 1.54) is 0 Å². The predicted molar refractivity (Wildman–Crippen MR) is 105 cm³/mol. The van der Waals surface area contributed by atoms with Crippen LogP contribution in [0.2, 0.25) is 5.02 Å². The van der Waals surface area contributed by atoms with Gasteiger partial charge in [-0.2, -0.15) is 0 Å². The molecule has 0 aliphatic carbocycles. The van der Waals surface area contributed by atoms with Crippen LogP contribution in [0.1, 0.15) is 0 Å². The van der Waals surface area contributed by atoms with Crippen molar-refractivity contribution in [3.8, 4) is 17.2 Å². The standard InChI is InChI=1S/C20H19ClN4O3/c21-15-3-5-16(6-4-15)28-14-20(26)25-11-9-24(10-12-25)19-8-7-17(22-23-19)18-2-1-13-27-18/h1-8,13H,9-12,14H2. The zero-order chi connectivity index (χ0) is 19.3. The van der Waals surface area contributed by atoms with Gasteiger partial charge in [-0.25, -0.2) is 0 Å². The number of hydrogen-bond acceptors (Lipinski definition) is 6. The van der Waals surface area contributed by atoms with Crippen molar-refractivity contribution >= 4 is 23.3 Å². The first kappa shape index (κ1) is 18.3. The third-order valence-electron chi connectivity index (χ3n) is 4.56. The summed E-state index contributed by atoms with van der Waals surface area (Å²) in [6.45, 7) is 2.64. The molecule has 0 radical (unpaired) electrons. The molecule has 2 aromatic heterocycles. The quantitative estimate of drug-likeness (QED) is 0.657. The minimum atomic E-state index is -0.0335. The fraction of sp³-hybridized carbons (Fsp3) is 0.250. The Balaban J connectivity index is 1.28. The Morgan fingerprint density at radius 1 is 1.04 bits per heavy atom. The number of ether oxygens (including phenoxy) is 1. The lowest BCUT2D eigenvalue weighted by molar-refractivity contribution is -0.133. The predicted octanol–water partition coefficient (Wildman–Crippen LogP) is 3.12. The molecule has 4 rings (SSSR count). The summed E-state index contributed by atoms with van der Waals surface area (Å²) in [6.07, 6.45) is 1.61. The lowest BCUT2D eigenvalue weighted by Gasteiger charge is -2.35. The molecule has 0 bridgehead atoms. The third-order valence-corrected chi connectivity index (χ3v) is 4.81. The fourth-order valence-corrected chi connectivity index (χ4v) is 3.13. The van der Waals surface area contributed by atoms with Gasteiger partial charge in [-0.05, 0) is 48.5 Å². The molecule has 144 valence electrons. The fourth-order valence-electron chi connectivity index (χ4n) is 3.00. The number of anilines is 1. The molecule has 1 aromatic carbocycles. The van der Waals surface area contributed by atoms with Crippen LogP contribution in [0.25, 0.3) is 11.5 Å². The van der Waals surface area contributed by atoms with E-state index in [4.69, 9.17) is 20.8 Å². The number of furan rings is 1. The van der Waals surface area contributed by atoms with Crippen LogP contribution in [0.5, 0.6) is 5.75 Å². The second kappa shape index (κ2) is 8.31. The van der Waals surface area contributed by atoms with Crippen LogP contribution >= 0.6 is 11.6 Å². The van der Waals surface area contributed by atoms with Gasteiger partial charge in [-0.15, -0.1) is 10.2 Å². The molecule has 1 fully saturated rings. The van der Waals surface area contributed by atoms with Gasteiger partial charge >= 0.3 is 0 Å². The van der Waals surface area contributed by atoms with Gasteiger partial charge in [0, 0.05) is 31.2 Å². The molecule has 28 heavy (non-hydrogen) atoms. The number of halogens is 1. The van der Waals surface area contributed by atoms with E-state index < -0.39 is 0 Å². The number of aromatic nitrogens is 2. The highest BCUT2D eigenvalue weighted by Crippen LogP contribution is 2.20. The van der Waals surface area contributed by atoms with E-state index in [-0.39, 0.29) is 12.5 Å². The summed E-state index contributed by atoms with van der Waals surface area (Å²) in [5.41, 5.74) is 0.696. The Morgan fingerprint density at radius 2 is 1.82 bits per heavy atom. The van der Waals surface area contributed by atoms with Crippen LogP contribution < -0.4 is 9.64 Å². The van der Waals surface area contributed by atoms with Crippen molar-refractivity contribution in [2.24, 2.45) is 0 Å². The summed E-state index contributed by atoms with van der Waals surface area (Å²) in [4.78, 5) is 16.3. The van der Waals surface area contributed by atoms with Gasteiger partial charge in [-0.1, -0.05) is 11.6 Å². The number of rotatable bonds is 5. The minimum Gasteiger partial charge on any atom is -0.484 e. The van der Waals surface area contributed by atoms with E-state index in [2.05, 4.69) is 15.1 Å². The van der Waals surface area contributed by atoms with Crippen LogP contribution in [0, 0.1) is 0 Å². The van der Waals surface area contributed by atoms with Crippen molar-refractivity contribution in [2.45, 2.75) is 0 Å². The lowest BCUT2D eigenvalue weighted by Crippen LogP contribution is -2.50. The van der Waals surface area contributed by atoms with Crippen LogP contribution in [-0.2, 0) is 4.79 Å². The smallest absolute Gasteiger partial charge is 0.260 e. The highest BCUT2D eigenvalue weighted by atomic mass is 35.5. The van der Waals surface area contributed by atoms with Crippen molar-refractivity contribution < 1.29 is 13.9 Å². The molecule has 8 heteroatoms. The Bertz CT molecular complexity index is 906. The third kappa shape index (κ3) is 4.26. The number of hydrogen-bond donors (Lipinski definition) is 0. The number of amides is 1. The molecule has 0 N–H and O–H groups in total. The molecule has 7 nitrogen and oxygen atoms in total. The topological polar surface area (TPSA) is 71.7 Å². The van der Waals surface area contributed by atoms with E-state index >= 15 is 0 Å². The zero-order valence-corrected chi connectivity index (χ0v) is 15.9. The van der Waals surface area contributed by atoms with Gasteiger partial charge in [0.2, 0.25) is 0 Å². The van der Waals surface area contributed by atoms with E-state index in [1.54, 1.807) is 35.4 Å². The van der Waals surface area contributed by atoms with Crippen molar-refractivity contribution in [3.05, 3.63) is 59.8 Å². The molecule has 1 aliphatic rings. The highest BCUT2D eigenvalue weighted by Gasteiger charge is 2.22. The SMILES string of the molecule is O=C(COc1ccc(Cl)cc1)N1CCN(c2ccc(-c3ccco3)nn2)CC1. The molecular weight excluding hydrogens is 380 g/mol. The zero-order valence-electron chi connectivity index (χ0n) is 15.1. The second-order valence-corrected chi connectivity index (χ2v) is 6.80. The van der Waals surface area contributed by atoms with Gasteiger partial charge in [0.05, 0.1) is 6.26 Å². The van der Waals surface area contributed by atoms with E-state index in [0.29, 0.717) is 48.4 Å². The minimum absolute atomic E-state index is 0.0132. The summed E-state index contributed by atoms with van der Waals surface area (Å²) >= 11 is 5.85. The van der Waals surface area contributed by atoms with Gasteiger partial charge in [0.1, 0.15) is 11.4 Å². The highest BCUT2D eigenvalue weighted by molar-refractivity contribution is 6.30. The molecule has 1 aliphatic heterocycles. The number of piperazine rings is 1. The van der Waals surface area contributed by atoms with Crippen LogP contribution in [-0.4, -0.2) is 53.8 Å². The van der Waals surface area contributed by atoms with Gasteiger partial charge < -0.3 is 19.0 Å². The average Bonchev–Trinajstić information content (AvgIpc) is 3.28. The van der Waals surface area contributed by atoms with Crippen molar-refractivity contribution in [1.82, 2.24) is 15.1 Å². The molecule has 1 amide bonds. The maximum atomic E-state index is 12.4. The first-order valence-electron chi connectivity index (χ1n) is 8.98.